The fourth-order valence-corrected chi connectivity index (χ4v) is 4.98. The van der Waals surface area contributed by atoms with Gasteiger partial charge in [-0.15, -0.1) is 0 Å². The van der Waals surface area contributed by atoms with Crippen molar-refractivity contribution in [2.75, 3.05) is 6.61 Å². The highest BCUT2D eigenvalue weighted by atomic mass is 16.6. The SMILES string of the molecule is CCOC(=O)C1=C2C=C[C@H]3C=C[C@]2(OC1=O)[C@@H]1Cc2ccccc2[C@H]31. The summed E-state index contributed by atoms with van der Waals surface area (Å²) in [4.78, 5) is 24.9. The molecule has 1 aromatic rings. The van der Waals surface area contributed by atoms with Gasteiger partial charge >= 0.3 is 11.9 Å². The summed E-state index contributed by atoms with van der Waals surface area (Å²) >= 11 is 0. The van der Waals surface area contributed by atoms with Gasteiger partial charge < -0.3 is 9.47 Å². The van der Waals surface area contributed by atoms with E-state index < -0.39 is 17.5 Å². The minimum absolute atomic E-state index is 0.0556. The van der Waals surface area contributed by atoms with E-state index in [1.807, 2.05) is 18.2 Å². The van der Waals surface area contributed by atoms with Crippen molar-refractivity contribution in [2.45, 2.75) is 24.9 Å². The number of fused-ring (bicyclic) bond motifs is 1. The molecule has 0 saturated carbocycles. The molecule has 0 unspecified atom stereocenters. The Kier molecular flexibility index (Phi) is 2.91. The second-order valence-corrected chi connectivity index (χ2v) is 7.02. The first-order chi connectivity index (χ1) is 12.2. The molecule has 0 fully saturated rings. The highest BCUT2D eigenvalue weighted by Crippen LogP contribution is 2.58. The van der Waals surface area contributed by atoms with Gasteiger partial charge in [-0.2, -0.15) is 0 Å². The highest BCUT2D eigenvalue weighted by molar-refractivity contribution is 6.17. The Morgan fingerprint density at radius 3 is 3.00 bits per heavy atom. The molecule has 4 nitrogen and oxygen atoms in total. The van der Waals surface area contributed by atoms with Gasteiger partial charge in [0.2, 0.25) is 0 Å². The van der Waals surface area contributed by atoms with Gasteiger partial charge in [0.1, 0.15) is 0 Å². The van der Waals surface area contributed by atoms with Crippen molar-refractivity contribution in [1.29, 1.82) is 0 Å². The van der Waals surface area contributed by atoms with Crippen LogP contribution in [0.25, 0.3) is 0 Å². The first kappa shape index (κ1) is 14.7. The molecule has 1 heterocycles. The number of rotatable bonds is 2. The number of carbonyl (C=O) groups is 2. The molecular weight excluding hydrogens is 316 g/mol. The lowest BCUT2D eigenvalue weighted by atomic mass is 9.68. The van der Waals surface area contributed by atoms with Crippen molar-refractivity contribution in [3.63, 3.8) is 0 Å². The number of esters is 2. The van der Waals surface area contributed by atoms with E-state index >= 15 is 0 Å². The van der Waals surface area contributed by atoms with E-state index in [9.17, 15) is 9.59 Å². The monoisotopic (exact) mass is 334 g/mol. The van der Waals surface area contributed by atoms with Crippen LogP contribution < -0.4 is 0 Å². The van der Waals surface area contributed by atoms with E-state index in [-0.39, 0.29) is 29.9 Å². The summed E-state index contributed by atoms with van der Waals surface area (Å²) < 4.78 is 11.0. The molecule has 6 rings (SSSR count). The normalized spacial score (nSPS) is 33.6. The second-order valence-electron chi connectivity index (χ2n) is 7.02. The van der Waals surface area contributed by atoms with Crippen LogP contribution in [0.1, 0.15) is 24.0 Å². The van der Waals surface area contributed by atoms with Crippen LogP contribution in [-0.2, 0) is 25.5 Å². The Morgan fingerprint density at radius 2 is 2.16 bits per heavy atom. The molecular formula is C21H18O4. The van der Waals surface area contributed by atoms with Crippen molar-refractivity contribution in [3.8, 4) is 0 Å². The zero-order valence-electron chi connectivity index (χ0n) is 13.9. The predicted octanol–water partition coefficient (Wildman–Crippen LogP) is 2.85. The minimum Gasteiger partial charge on any atom is -0.462 e. The molecule has 0 radical (unpaired) electrons. The van der Waals surface area contributed by atoms with E-state index in [4.69, 9.17) is 9.47 Å². The first-order valence-electron chi connectivity index (χ1n) is 8.76. The Morgan fingerprint density at radius 1 is 1.32 bits per heavy atom. The summed E-state index contributed by atoms with van der Waals surface area (Å²) in [7, 11) is 0. The molecule has 2 bridgehead atoms. The standard InChI is InChI=1S/C21H18O4/c1-2-24-19(22)18-15-8-7-12-9-10-21(15,25-20(18)23)16-11-13-5-3-4-6-14(13)17(12)16/h3-10,12,16-17H,2,11H2,1H3/t12-,16+,17-,21+/m0/s1. The summed E-state index contributed by atoms with van der Waals surface area (Å²) in [6.45, 7) is 1.97. The number of ether oxygens (including phenoxy) is 2. The van der Waals surface area contributed by atoms with Gasteiger partial charge in [-0.05, 0) is 30.5 Å². The zero-order chi connectivity index (χ0) is 17.2. The summed E-state index contributed by atoms with van der Waals surface area (Å²) in [5.74, 6) is -0.530. The largest absolute Gasteiger partial charge is 0.462 e. The summed E-state index contributed by atoms with van der Waals surface area (Å²) in [5, 5.41) is 0. The van der Waals surface area contributed by atoms with Crippen LogP contribution in [0.2, 0.25) is 0 Å². The molecule has 1 aromatic carbocycles. The van der Waals surface area contributed by atoms with Gasteiger partial charge in [-0.3, -0.25) is 0 Å². The molecule has 0 saturated heterocycles. The van der Waals surface area contributed by atoms with Gasteiger partial charge in [0.25, 0.3) is 0 Å². The molecule has 0 N–H and O–H groups in total. The minimum atomic E-state index is -0.855. The molecule has 25 heavy (non-hydrogen) atoms. The third-order valence-electron chi connectivity index (χ3n) is 5.94. The van der Waals surface area contributed by atoms with Crippen LogP contribution in [0, 0.1) is 11.8 Å². The average molecular weight is 334 g/mol. The maximum atomic E-state index is 12.6. The van der Waals surface area contributed by atoms with E-state index in [1.54, 1.807) is 6.92 Å². The fourth-order valence-electron chi connectivity index (χ4n) is 4.98. The number of carbonyl (C=O) groups excluding carboxylic acids is 2. The molecule has 0 amide bonds. The lowest BCUT2D eigenvalue weighted by Gasteiger charge is -2.40. The maximum absolute atomic E-state index is 12.6. The van der Waals surface area contributed by atoms with E-state index in [2.05, 4.69) is 30.4 Å². The first-order valence-corrected chi connectivity index (χ1v) is 8.76. The lowest BCUT2D eigenvalue weighted by molar-refractivity contribution is -0.151. The Hall–Kier alpha value is -2.62. The lowest BCUT2D eigenvalue weighted by Crippen LogP contribution is -2.43. The van der Waals surface area contributed by atoms with Crippen molar-refractivity contribution in [1.82, 2.24) is 0 Å². The third-order valence-corrected chi connectivity index (χ3v) is 5.94. The second kappa shape index (κ2) is 4.94. The van der Waals surface area contributed by atoms with Crippen LogP contribution in [0.5, 0.6) is 0 Å². The topological polar surface area (TPSA) is 52.6 Å². The highest BCUT2D eigenvalue weighted by Gasteiger charge is 2.60. The van der Waals surface area contributed by atoms with E-state index in [0.29, 0.717) is 5.57 Å². The summed E-state index contributed by atoms with van der Waals surface area (Å²) in [6, 6.07) is 8.43. The van der Waals surface area contributed by atoms with Crippen molar-refractivity contribution < 1.29 is 19.1 Å². The molecule has 0 aromatic heterocycles. The van der Waals surface area contributed by atoms with Crippen LogP contribution in [0.4, 0.5) is 0 Å². The van der Waals surface area contributed by atoms with Gasteiger partial charge in [0.05, 0.1) is 6.61 Å². The molecule has 126 valence electrons. The number of hydrogen-bond donors (Lipinski definition) is 0. The van der Waals surface area contributed by atoms with Gasteiger partial charge in [-0.25, -0.2) is 9.59 Å². The Balaban J connectivity index is 1.70. The smallest absolute Gasteiger partial charge is 0.347 e. The van der Waals surface area contributed by atoms with Crippen LogP contribution in [0.15, 0.2) is 59.7 Å². The van der Waals surface area contributed by atoms with Gasteiger partial charge in [-0.1, -0.05) is 42.5 Å². The van der Waals surface area contributed by atoms with E-state index in [1.165, 1.54) is 11.1 Å². The van der Waals surface area contributed by atoms with Crippen LogP contribution in [-0.4, -0.2) is 24.1 Å². The molecule has 4 heteroatoms. The van der Waals surface area contributed by atoms with Crippen molar-refractivity contribution in [3.05, 3.63) is 70.8 Å². The summed E-state index contributed by atoms with van der Waals surface area (Å²) in [5.41, 5.74) is 2.50. The molecule has 1 aliphatic heterocycles. The third kappa shape index (κ3) is 1.77. The van der Waals surface area contributed by atoms with Crippen molar-refractivity contribution in [2.24, 2.45) is 11.8 Å². The van der Waals surface area contributed by atoms with Gasteiger partial charge in [0.15, 0.2) is 11.2 Å². The predicted molar refractivity (Wildman–Crippen MR) is 90.6 cm³/mol. The van der Waals surface area contributed by atoms with Gasteiger partial charge in [0, 0.05) is 23.3 Å². The zero-order valence-corrected chi connectivity index (χ0v) is 13.9. The molecule has 4 aliphatic carbocycles. The summed E-state index contributed by atoms with van der Waals surface area (Å²) in [6.07, 6.45) is 8.96. The molecule has 1 spiro atoms. The molecule has 4 atom stereocenters. The van der Waals surface area contributed by atoms with Crippen molar-refractivity contribution >= 4 is 11.9 Å². The Labute approximate surface area is 145 Å². The fraction of sp³-hybridized carbons (Fsp3) is 0.333. The molecule has 5 aliphatic rings. The Bertz CT molecular complexity index is 891. The van der Waals surface area contributed by atoms with Crippen LogP contribution >= 0.6 is 0 Å². The quantitative estimate of drug-likeness (QED) is 0.474. The average Bonchev–Trinajstić information content (AvgIpc) is 3.03. The number of hydrogen-bond acceptors (Lipinski definition) is 4. The van der Waals surface area contributed by atoms with E-state index in [0.717, 1.165) is 6.42 Å². The van der Waals surface area contributed by atoms with Crippen LogP contribution in [0.3, 0.4) is 0 Å². The number of benzene rings is 1. The maximum Gasteiger partial charge on any atom is 0.347 e. The number of allylic oxidation sites excluding steroid dienone is 2.